The molecule has 4 heteroatoms. The summed E-state index contributed by atoms with van der Waals surface area (Å²) in [5, 5.41) is 0. The minimum Gasteiger partial charge on any atom is -0.374 e. The van der Waals surface area contributed by atoms with Crippen molar-refractivity contribution < 1.29 is 9.47 Å². The third kappa shape index (κ3) is 0.796. The molecule has 0 aromatic rings. The van der Waals surface area contributed by atoms with Gasteiger partial charge in [0.15, 0.2) is 0 Å². The van der Waals surface area contributed by atoms with Gasteiger partial charge in [0.25, 0.3) is 0 Å². The number of fused-ring (bicyclic) bond motifs is 1. The highest BCUT2D eigenvalue weighted by Crippen LogP contribution is 2.31. The van der Waals surface area contributed by atoms with Gasteiger partial charge in [-0.05, 0) is 5.82 Å². The molecule has 2 fully saturated rings. The number of hydrogen-bond acceptors (Lipinski definition) is 3. The predicted octanol–water partition coefficient (Wildman–Crippen LogP) is -0.932. The van der Waals surface area contributed by atoms with Crippen LogP contribution in [0.3, 0.4) is 0 Å². The molecule has 1 unspecified atom stereocenters. The van der Waals surface area contributed by atoms with Crippen LogP contribution in [0.15, 0.2) is 0 Å². The minimum atomic E-state index is 0.0264. The highest BCUT2D eigenvalue weighted by atomic mass is 16.6. The van der Waals surface area contributed by atoms with Crippen molar-refractivity contribution in [2.45, 2.75) is 24.1 Å². The highest BCUT2D eigenvalue weighted by Gasteiger charge is 2.43. The molecule has 0 bridgehead atoms. The summed E-state index contributed by atoms with van der Waals surface area (Å²) < 4.78 is 10.7. The molecule has 0 amide bonds. The van der Waals surface area contributed by atoms with E-state index in [2.05, 4.69) is 0 Å². The second kappa shape index (κ2) is 2.22. The molecule has 0 spiro atoms. The van der Waals surface area contributed by atoms with Crippen LogP contribution < -0.4 is 5.73 Å². The van der Waals surface area contributed by atoms with Crippen LogP contribution in [-0.4, -0.2) is 39.3 Å². The first-order chi connectivity index (χ1) is 4.79. The van der Waals surface area contributed by atoms with E-state index >= 15 is 0 Å². The lowest BCUT2D eigenvalue weighted by atomic mass is 9.83. The summed E-state index contributed by atoms with van der Waals surface area (Å²) in [6.45, 7) is 1.17. The lowest BCUT2D eigenvalue weighted by Gasteiger charge is -2.11. The van der Waals surface area contributed by atoms with Gasteiger partial charge in [-0.2, -0.15) is 0 Å². The quantitative estimate of drug-likeness (QED) is 0.441. The number of rotatable bonds is 0. The first kappa shape index (κ1) is 6.64. The second-order valence-electron chi connectivity index (χ2n) is 2.92. The van der Waals surface area contributed by atoms with Crippen LogP contribution >= 0.6 is 0 Å². The van der Waals surface area contributed by atoms with E-state index in [1.165, 1.54) is 0 Å². The molecule has 2 N–H and O–H groups in total. The summed E-state index contributed by atoms with van der Waals surface area (Å²) in [5.41, 5.74) is 5.68. The van der Waals surface area contributed by atoms with Gasteiger partial charge in [0.05, 0.1) is 26.6 Å². The van der Waals surface area contributed by atoms with E-state index in [1.54, 1.807) is 0 Å². The summed E-state index contributed by atoms with van der Waals surface area (Å²) >= 11 is 0. The van der Waals surface area contributed by atoms with Gasteiger partial charge in [0, 0.05) is 6.61 Å². The van der Waals surface area contributed by atoms with Crippen molar-refractivity contribution in [3.63, 3.8) is 0 Å². The molecule has 3 nitrogen and oxygen atoms in total. The Kier molecular flexibility index (Phi) is 1.48. The Morgan fingerprint density at radius 2 is 1.90 bits per heavy atom. The fourth-order valence-corrected chi connectivity index (χ4v) is 1.56. The van der Waals surface area contributed by atoms with Gasteiger partial charge in [-0.15, -0.1) is 0 Å². The molecule has 2 aliphatic heterocycles. The Bertz CT molecular complexity index is 128. The molecule has 0 aromatic carbocycles. The standard InChI is InChI=1S/C6H10BNO2/c7-3-1-9-6-4(8)2-10-5(3)6/h3-6H,1-2,8H2/t3-,4?,5+,6+/m0/s1. The van der Waals surface area contributed by atoms with E-state index in [-0.39, 0.29) is 24.1 Å². The van der Waals surface area contributed by atoms with E-state index in [4.69, 9.17) is 23.1 Å². The topological polar surface area (TPSA) is 44.5 Å². The summed E-state index contributed by atoms with van der Waals surface area (Å²) in [4.78, 5) is 0. The lowest BCUT2D eigenvalue weighted by Crippen LogP contribution is -2.35. The van der Waals surface area contributed by atoms with Crippen LogP contribution in [0.25, 0.3) is 0 Å². The summed E-state index contributed by atoms with van der Waals surface area (Å²) in [6.07, 6.45) is 0.102. The zero-order valence-electron chi connectivity index (χ0n) is 5.69. The van der Waals surface area contributed by atoms with Crippen LogP contribution in [0, 0.1) is 0 Å². The highest BCUT2D eigenvalue weighted by molar-refractivity contribution is 6.12. The van der Waals surface area contributed by atoms with E-state index in [0.29, 0.717) is 13.2 Å². The van der Waals surface area contributed by atoms with Crippen LogP contribution in [0.1, 0.15) is 0 Å². The van der Waals surface area contributed by atoms with Crippen molar-refractivity contribution in [1.29, 1.82) is 0 Å². The number of ether oxygens (including phenoxy) is 2. The fourth-order valence-electron chi connectivity index (χ4n) is 1.56. The van der Waals surface area contributed by atoms with Crippen LogP contribution in [0.4, 0.5) is 0 Å². The van der Waals surface area contributed by atoms with Gasteiger partial charge in [-0.1, -0.05) is 0 Å². The molecule has 2 heterocycles. The van der Waals surface area contributed by atoms with Crippen LogP contribution in [-0.2, 0) is 9.47 Å². The third-order valence-corrected chi connectivity index (χ3v) is 2.13. The molecule has 2 saturated heterocycles. The van der Waals surface area contributed by atoms with Gasteiger partial charge in [-0.3, -0.25) is 0 Å². The van der Waals surface area contributed by atoms with Gasteiger partial charge in [0.1, 0.15) is 6.10 Å². The molecule has 0 aromatic heterocycles. The molecule has 0 saturated carbocycles. The monoisotopic (exact) mass is 139 g/mol. The van der Waals surface area contributed by atoms with Gasteiger partial charge < -0.3 is 15.2 Å². The van der Waals surface area contributed by atoms with E-state index < -0.39 is 0 Å². The lowest BCUT2D eigenvalue weighted by molar-refractivity contribution is 0.0710. The molecule has 4 atom stereocenters. The largest absolute Gasteiger partial charge is 0.374 e. The SMILES string of the molecule is [B][C@H]1CO[C@@H]2C(N)CO[C@@H]21. The minimum absolute atomic E-state index is 0.0264. The number of hydrogen-bond donors (Lipinski definition) is 1. The van der Waals surface area contributed by atoms with Crippen molar-refractivity contribution in [1.82, 2.24) is 0 Å². The van der Waals surface area contributed by atoms with Crippen molar-refractivity contribution in [2.75, 3.05) is 13.2 Å². The van der Waals surface area contributed by atoms with E-state index in [1.807, 2.05) is 0 Å². The molecular formula is C6H10BNO2. The van der Waals surface area contributed by atoms with E-state index in [0.717, 1.165) is 0 Å². The molecule has 2 rings (SSSR count). The van der Waals surface area contributed by atoms with Gasteiger partial charge in [0.2, 0.25) is 0 Å². The second-order valence-corrected chi connectivity index (χ2v) is 2.92. The Labute approximate surface area is 61.3 Å². The maximum atomic E-state index is 5.68. The third-order valence-electron chi connectivity index (χ3n) is 2.13. The Morgan fingerprint density at radius 3 is 2.60 bits per heavy atom. The molecule has 0 aliphatic carbocycles. The van der Waals surface area contributed by atoms with Gasteiger partial charge in [-0.25, -0.2) is 0 Å². The fraction of sp³-hybridized carbons (Fsp3) is 1.00. The number of nitrogens with two attached hydrogens (primary N) is 1. The van der Waals surface area contributed by atoms with Crippen molar-refractivity contribution >= 4 is 7.85 Å². The maximum absolute atomic E-state index is 5.68. The molecule has 2 radical (unpaired) electrons. The smallest absolute Gasteiger partial charge is 0.100 e. The maximum Gasteiger partial charge on any atom is 0.100 e. The van der Waals surface area contributed by atoms with Crippen molar-refractivity contribution in [3.05, 3.63) is 0 Å². The zero-order valence-corrected chi connectivity index (χ0v) is 5.69. The average molecular weight is 139 g/mol. The Balaban J connectivity index is 2.09. The summed E-state index contributed by atoms with van der Waals surface area (Å²) in [6, 6.07) is 0.0264. The van der Waals surface area contributed by atoms with E-state index in [9.17, 15) is 0 Å². The predicted molar refractivity (Wildman–Crippen MR) is 37.0 cm³/mol. The first-order valence-electron chi connectivity index (χ1n) is 3.53. The van der Waals surface area contributed by atoms with Crippen LogP contribution in [0.5, 0.6) is 0 Å². The molecular weight excluding hydrogens is 129 g/mol. The van der Waals surface area contributed by atoms with Crippen molar-refractivity contribution in [2.24, 2.45) is 5.73 Å². The normalized spacial score (nSPS) is 53.3. The van der Waals surface area contributed by atoms with Gasteiger partial charge >= 0.3 is 0 Å². The Hall–Kier alpha value is -0.0551. The summed E-state index contributed by atoms with van der Waals surface area (Å²) in [5.74, 6) is 0.0264. The molecule has 2 aliphatic rings. The molecule has 54 valence electrons. The van der Waals surface area contributed by atoms with Crippen molar-refractivity contribution in [3.8, 4) is 0 Å². The Morgan fingerprint density at radius 1 is 1.20 bits per heavy atom. The van der Waals surface area contributed by atoms with Crippen LogP contribution in [0.2, 0.25) is 5.82 Å². The first-order valence-corrected chi connectivity index (χ1v) is 3.53. The average Bonchev–Trinajstić information content (AvgIpc) is 2.41. The summed E-state index contributed by atoms with van der Waals surface area (Å²) in [7, 11) is 5.68. The zero-order chi connectivity index (χ0) is 7.14. The molecule has 10 heavy (non-hydrogen) atoms.